The van der Waals surface area contributed by atoms with Crippen molar-refractivity contribution in [3.05, 3.63) is 80.8 Å². The molecule has 3 N–H and O–H groups in total. The highest BCUT2D eigenvalue weighted by molar-refractivity contribution is 6.42. The van der Waals surface area contributed by atoms with Crippen LogP contribution in [0, 0.1) is 0 Å². The van der Waals surface area contributed by atoms with Crippen molar-refractivity contribution in [2.24, 2.45) is 5.73 Å². The molecule has 0 saturated carbocycles. The van der Waals surface area contributed by atoms with Gasteiger partial charge in [0, 0.05) is 17.2 Å². The van der Waals surface area contributed by atoms with E-state index in [0.717, 1.165) is 59.3 Å². The van der Waals surface area contributed by atoms with Crippen molar-refractivity contribution in [1.82, 2.24) is 10.2 Å². The number of nitrogens with zero attached hydrogens (tertiary/aromatic N) is 1. The maximum absolute atomic E-state index is 13.0. The van der Waals surface area contributed by atoms with Gasteiger partial charge in [-0.3, -0.25) is 9.59 Å². The van der Waals surface area contributed by atoms with Crippen molar-refractivity contribution in [2.45, 2.75) is 25.3 Å². The van der Waals surface area contributed by atoms with Crippen LogP contribution in [0.25, 0.3) is 22.3 Å². The minimum Gasteiger partial charge on any atom is -0.366 e. The zero-order chi connectivity index (χ0) is 24.0. The Kier molecular flexibility index (Phi) is 6.11. The molecule has 174 valence electrons. The Morgan fingerprint density at radius 1 is 0.941 bits per heavy atom. The van der Waals surface area contributed by atoms with E-state index >= 15 is 0 Å². The smallest absolute Gasteiger partial charge is 0.251 e. The highest BCUT2D eigenvalue weighted by atomic mass is 35.5. The van der Waals surface area contributed by atoms with Gasteiger partial charge in [0.15, 0.2) is 0 Å². The third kappa shape index (κ3) is 4.31. The number of hydrogen-bond donors (Lipinski definition) is 2. The minimum absolute atomic E-state index is 0.0680. The second-order valence-corrected chi connectivity index (χ2v) is 9.96. The molecule has 0 unspecified atom stereocenters. The number of carbonyl (C=O) groups is 2. The number of nitrogens with one attached hydrogen (secondary N) is 1. The van der Waals surface area contributed by atoms with E-state index in [1.807, 2.05) is 30.3 Å². The van der Waals surface area contributed by atoms with Crippen LogP contribution in [0.2, 0.25) is 10.0 Å². The molecule has 0 radical (unpaired) electrons. The molecule has 0 spiro atoms. The Morgan fingerprint density at radius 2 is 1.71 bits per heavy atom. The normalized spacial score (nSPS) is 15.6. The molecule has 7 heteroatoms. The molecule has 5 nitrogen and oxygen atoms in total. The number of likely N-dealkylation sites (tertiary alicyclic amines) is 1. The van der Waals surface area contributed by atoms with Gasteiger partial charge < -0.3 is 16.0 Å². The summed E-state index contributed by atoms with van der Waals surface area (Å²) in [6.45, 7) is 1.96. The number of amides is 2. The van der Waals surface area contributed by atoms with Crippen molar-refractivity contribution in [3.8, 4) is 22.3 Å². The van der Waals surface area contributed by atoms with Gasteiger partial charge in [-0.25, -0.2) is 0 Å². The predicted octanol–water partition coefficient (Wildman–Crippen LogP) is 5.15. The Morgan fingerprint density at radius 3 is 2.41 bits per heavy atom. The fraction of sp³-hybridized carbons (Fsp3) is 0.259. The number of fused-ring (bicyclic) bond motifs is 3. The highest BCUT2D eigenvalue weighted by Crippen LogP contribution is 2.42. The number of rotatable bonds is 4. The van der Waals surface area contributed by atoms with Crippen LogP contribution in [0.15, 0.2) is 48.5 Å². The van der Waals surface area contributed by atoms with Crippen molar-refractivity contribution in [1.29, 1.82) is 0 Å². The lowest BCUT2D eigenvalue weighted by Gasteiger charge is -2.29. The second kappa shape index (κ2) is 9.06. The van der Waals surface area contributed by atoms with Crippen LogP contribution in [0.4, 0.5) is 0 Å². The third-order valence-corrected chi connectivity index (χ3v) is 7.59. The molecule has 1 aliphatic carbocycles. The first-order chi connectivity index (χ1) is 16.3. The summed E-state index contributed by atoms with van der Waals surface area (Å²) in [7, 11) is 2.10. The minimum atomic E-state index is -0.480. The SMILES string of the molecule is CN1CCC(NC(=O)c2ccc3c(c2)-c2cc(-c4ccc(Cl)c(Cl)c4)cc(C(N)=O)c2C3)CC1. The summed E-state index contributed by atoms with van der Waals surface area (Å²) in [6.07, 6.45) is 2.50. The van der Waals surface area contributed by atoms with E-state index in [-0.39, 0.29) is 11.9 Å². The molecule has 3 aromatic carbocycles. The summed E-state index contributed by atoms with van der Waals surface area (Å²) in [5, 5.41) is 4.09. The van der Waals surface area contributed by atoms with Gasteiger partial charge >= 0.3 is 0 Å². The molecule has 2 aliphatic rings. The van der Waals surface area contributed by atoms with Gasteiger partial charge in [-0.2, -0.15) is 0 Å². The van der Waals surface area contributed by atoms with E-state index < -0.39 is 5.91 Å². The summed E-state index contributed by atoms with van der Waals surface area (Å²) in [4.78, 5) is 27.6. The summed E-state index contributed by atoms with van der Waals surface area (Å²) in [6, 6.07) is 15.2. The van der Waals surface area contributed by atoms with Crippen molar-refractivity contribution < 1.29 is 9.59 Å². The molecule has 3 aromatic rings. The fourth-order valence-corrected chi connectivity index (χ4v) is 5.20. The fourth-order valence-electron chi connectivity index (χ4n) is 4.90. The molecule has 0 aromatic heterocycles. The number of hydrogen-bond acceptors (Lipinski definition) is 3. The molecule has 1 saturated heterocycles. The first-order valence-corrected chi connectivity index (χ1v) is 12.1. The van der Waals surface area contributed by atoms with Gasteiger partial charge in [0.1, 0.15) is 0 Å². The van der Waals surface area contributed by atoms with Crippen LogP contribution < -0.4 is 11.1 Å². The lowest BCUT2D eigenvalue weighted by atomic mass is 9.93. The molecule has 2 amide bonds. The van der Waals surface area contributed by atoms with Crippen LogP contribution in [0.3, 0.4) is 0 Å². The van der Waals surface area contributed by atoms with Gasteiger partial charge in [0.25, 0.3) is 5.91 Å². The topological polar surface area (TPSA) is 75.4 Å². The van der Waals surface area contributed by atoms with Gasteiger partial charge in [-0.15, -0.1) is 0 Å². The highest BCUT2D eigenvalue weighted by Gasteiger charge is 2.26. The van der Waals surface area contributed by atoms with Gasteiger partial charge in [0.05, 0.1) is 10.0 Å². The lowest BCUT2D eigenvalue weighted by Crippen LogP contribution is -2.43. The zero-order valence-electron chi connectivity index (χ0n) is 18.8. The lowest BCUT2D eigenvalue weighted by molar-refractivity contribution is 0.0916. The molecule has 1 aliphatic heterocycles. The quantitative estimate of drug-likeness (QED) is 0.412. The maximum Gasteiger partial charge on any atom is 0.251 e. The molecule has 1 heterocycles. The molecule has 0 atom stereocenters. The van der Waals surface area contributed by atoms with Gasteiger partial charge in [-0.1, -0.05) is 35.3 Å². The van der Waals surface area contributed by atoms with E-state index in [1.54, 1.807) is 18.2 Å². The van der Waals surface area contributed by atoms with E-state index in [9.17, 15) is 9.59 Å². The predicted molar refractivity (Wildman–Crippen MR) is 137 cm³/mol. The van der Waals surface area contributed by atoms with Crippen molar-refractivity contribution in [3.63, 3.8) is 0 Å². The number of halogens is 2. The molecule has 1 fully saturated rings. The number of benzene rings is 3. The van der Waals surface area contributed by atoms with Crippen LogP contribution in [0.5, 0.6) is 0 Å². The average Bonchev–Trinajstić information content (AvgIpc) is 3.19. The first kappa shape index (κ1) is 22.9. The Bertz CT molecular complexity index is 1310. The molecule has 5 rings (SSSR count). The number of carbonyl (C=O) groups excluding carboxylic acids is 2. The van der Waals surface area contributed by atoms with Crippen LogP contribution in [-0.4, -0.2) is 42.9 Å². The third-order valence-electron chi connectivity index (χ3n) is 6.85. The van der Waals surface area contributed by atoms with Crippen molar-refractivity contribution in [2.75, 3.05) is 20.1 Å². The van der Waals surface area contributed by atoms with Gasteiger partial charge in [0.2, 0.25) is 5.91 Å². The van der Waals surface area contributed by atoms with E-state index in [4.69, 9.17) is 28.9 Å². The summed E-state index contributed by atoms with van der Waals surface area (Å²) in [5.41, 5.74) is 12.3. The van der Waals surface area contributed by atoms with Crippen LogP contribution in [-0.2, 0) is 6.42 Å². The number of nitrogens with two attached hydrogens (primary N) is 1. The first-order valence-electron chi connectivity index (χ1n) is 11.3. The van der Waals surface area contributed by atoms with Crippen LogP contribution in [0.1, 0.15) is 44.7 Å². The Balaban J connectivity index is 1.52. The summed E-state index contributed by atoms with van der Waals surface area (Å²) in [5.74, 6) is -0.548. The standard InChI is InChI=1S/C27H25Cl2N3O2/c1-32-8-6-19(7-9-32)31-27(34)17-3-2-16-10-22-21(20(16)11-17)12-18(13-23(22)26(30)33)15-4-5-24(28)25(29)14-15/h2-5,11-14,19H,6-10H2,1H3,(H2,30,33)(H,31,34). The molecule has 34 heavy (non-hydrogen) atoms. The number of primary amides is 1. The Hall–Kier alpha value is -2.86. The molecule has 0 bridgehead atoms. The monoisotopic (exact) mass is 493 g/mol. The summed E-state index contributed by atoms with van der Waals surface area (Å²) >= 11 is 12.3. The van der Waals surface area contributed by atoms with E-state index in [0.29, 0.717) is 27.6 Å². The molecular formula is C27H25Cl2N3O2. The Labute approximate surface area is 208 Å². The molecular weight excluding hydrogens is 469 g/mol. The second-order valence-electron chi connectivity index (χ2n) is 9.14. The largest absolute Gasteiger partial charge is 0.366 e. The maximum atomic E-state index is 13.0. The average molecular weight is 494 g/mol. The van der Waals surface area contributed by atoms with Crippen LogP contribution >= 0.6 is 23.2 Å². The number of piperidine rings is 1. The van der Waals surface area contributed by atoms with E-state index in [2.05, 4.69) is 17.3 Å². The van der Waals surface area contributed by atoms with Crippen molar-refractivity contribution >= 4 is 35.0 Å². The van der Waals surface area contributed by atoms with Gasteiger partial charge in [-0.05, 0) is 109 Å². The van der Waals surface area contributed by atoms with E-state index in [1.165, 1.54) is 0 Å². The zero-order valence-corrected chi connectivity index (χ0v) is 20.3. The summed E-state index contributed by atoms with van der Waals surface area (Å²) < 4.78 is 0.